The van der Waals surface area contributed by atoms with Crippen LogP contribution in [-0.2, 0) is 0 Å². The minimum Gasteiger partial charge on any atom is -0.493 e. The fourth-order valence-electron chi connectivity index (χ4n) is 1.50. The minimum atomic E-state index is 0.675. The van der Waals surface area contributed by atoms with Gasteiger partial charge in [0, 0.05) is 5.39 Å². The molecule has 0 saturated carbocycles. The van der Waals surface area contributed by atoms with Gasteiger partial charge in [0.15, 0.2) is 0 Å². The van der Waals surface area contributed by atoms with Gasteiger partial charge in [-0.15, -0.1) is 0 Å². The lowest BCUT2D eigenvalue weighted by Gasteiger charge is -2.07. The molecule has 14 heavy (non-hydrogen) atoms. The molecule has 1 heteroatoms. The summed E-state index contributed by atoms with van der Waals surface area (Å²) in [5.74, 6) is 0.951. The highest BCUT2D eigenvalue weighted by Crippen LogP contribution is 2.24. The highest BCUT2D eigenvalue weighted by atomic mass is 16.5. The monoisotopic (exact) mass is 185 g/mol. The Kier molecular flexibility index (Phi) is 2.68. The van der Waals surface area contributed by atoms with Gasteiger partial charge in [-0.3, -0.25) is 0 Å². The molecule has 0 unspecified atom stereocenters. The Morgan fingerprint density at radius 3 is 2.64 bits per heavy atom. The van der Waals surface area contributed by atoms with Crippen molar-refractivity contribution in [1.29, 1.82) is 0 Å². The fraction of sp³-hybridized carbons (Fsp3) is 0.154. The van der Waals surface area contributed by atoms with Crippen LogP contribution in [-0.4, -0.2) is 6.61 Å². The summed E-state index contributed by atoms with van der Waals surface area (Å²) >= 11 is 0. The van der Waals surface area contributed by atoms with Gasteiger partial charge in [0.1, 0.15) is 5.75 Å². The summed E-state index contributed by atoms with van der Waals surface area (Å²) in [4.78, 5) is 0. The van der Waals surface area contributed by atoms with Crippen LogP contribution < -0.4 is 4.74 Å². The molecular weight excluding hydrogens is 172 g/mol. The quantitative estimate of drug-likeness (QED) is 0.711. The van der Waals surface area contributed by atoms with Crippen LogP contribution in [0.4, 0.5) is 0 Å². The van der Waals surface area contributed by atoms with Crippen molar-refractivity contribution in [3.8, 4) is 5.75 Å². The molecule has 0 heterocycles. The van der Waals surface area contributed by atoms with Gasteiger partial charge < -0.3 is 4.74 Å². The van der Waals surface area contributed by atoms with Gasteiger partial charge in [0.25, 0.3) is 0 Å². The van der Waals surface area contributed by atoms with Crippen molar-refractivity contribution < 1.29 is 4.74 Å². The minimum absolute atomic E-state index is 0.675. The molecule has 0 amide bonds. The van der Waals surface area contributed by atoms with Crippen LogP contribution in [0.2, 0.25) is 0 Å². The summed E-state index contributed by atoms with van der Waals surface area (Å²) < 4.78 is 5.61. The Labute approximate surface area is 84.3 Å². The Hall–Kier alpha value is -1.50. The van der Waals surface area contributed by atoms with Gasteiger partial charge in [-0.05, 0) is 24.8 Å². The van der Waals surface area contributed by atoms with Crippen molar-refractivity contribution in [1.82, 2.24) is 0 Å². The molecule has 0 aliphatic heterocycles. The molecule has 1 radical (unpaired) electrons. The Bertz CT molecular complexity index is 415. The van der Waals surface area contributed by atoms with Crippen LogP contribution in [0.5, 0.6) is 5.75 Å². The second-order valence-corrected chi connectivity index (χ2v) is 3.18. The molecule has 1 nitrogen and oxygen atoms in total. The van der Waals surface area contributed by atoms with Gasteiger partial charge in [-0.2, -0.15) is 0 Å². The molecule has 71 valence electrons. The third kappa shape index (κ3) is 1.72. The van der Waals surface area contributed by atoms with E-state index in [0.29, 0.717) is 6.61 Å². The Balaban J connectivity index is 2.43. The van der Waals surface area contributed by atoms with Crippen molar-refractivity contribution in [2.45, 2.75) is 6.42 Å². The molecule has 0 spiro atoms. The molecule has 2 rings (SSSR count). The van der Waals surface area contributed by atoms with Crippen LogP contribution >= 0.6 is 0 Å². The summed E-state index contributed by atoms with van der Waals surface area (Å²) in [5, 5.41) is 2.39. The lowest BCUT2D eigenvalue weighted by molar-refractivity contribution is 0.328. The molecule has 2 aromatic carbocycles. The average Bonchev–Trinajstić information content (AvgIpc) is 2.26. The van der Waals surface area contributed by atoms with Crippen molar-refractivity contribution >= 4 is 10.8 Å². The highest BCUT2D eigenvalue weighted by molar-refractivity contribution is 5.88. The van der Waals surface area contributed by atoms with E-state index >= 15 is 0 Å². The average molecular weight is 185 g/mol. The van der Waals surface area contributed by atoms with Crippen molar-refractivity contribution in [3.63, 3.8) is 0 Å². The molecule has 2 aromatic rings. The molecule has 0 saturated heterocycles. The number of rotatable bonds is 3. The summed E-state index contributed by atoms with van der Waals surface area (Å²) in [6.45, 7) is 4.43. The molecule has 0 N–H and O–H groups in total. The van der Waals surface area contributed by atoms with Crippen molar-refractivity contribution in [2.24, 2.45) is 0 Å². The van der Waals surface area contributed by atoms with Crippen molar-refractivity contribution in [3.05, 3.63) is 49.4 Å². The molecule has 0 fully saturated rings. The fourth-order valence-corrected chi connectivity index (χ4v) is 1.50. The first-order valence-electron chi connectivity index (χ1n) is 4.81. The van der Waals surface area contributed by atoms with E-state index in [2.05, 4.69) is 25.1 Å². The van der Waals surface area contributed by atoms with E-state index in [1.807, 2.05) is 24.3 Å². The zero-order valence-electron chi connectivity index (χ0n) is 8.07. The first-order chi connectivity index (χ1) is 6.92. The van der Waals surface area contributed by atoms with E-state index in [-0.39, 0.29) is 0 Å². The van der Waals surface area contributed by atoms with Crippen LogP contribution in [0.25, 0.3) is 10.8 Å². The molecule has 0 bridgehead atoms. The summed E-state index contributed by atoms with van der Waals surface area (Å²) in [5.41, 5.74) is 0. The number of fused-ring (bicyclic) bond motifs is 1. The number of hydrogen-bond donors (Lipinski definition) is 0. The van der Waals surface area contributed by atoms with Crippen LogP contribution in [0.3, 0.4) is 0 Å². The number of hydrogen-bond acceptors (Lipinski definition) is 1. The summed E-state index contributed by atoms with van der Waals surface area (Å²) in [7, 11) is 0. The summed E-state index contributed by atoms with van der Waals surface area (Å²) in [6.07, 6.45) is 0.795. The van der Waals surface area contributed by atoms with Gasteiger partial charge in [0.05, 0.1) is 6.61 Å². The van der Waals surface area contributed by atoms with Crippen LogP contribution in [0.1, 0.15) is 6.42 Å². The molecular formula is C13H13O. The van der Waals surface area contributed by atoms with Gasteiger partial charge in [-0.1, -0.05) is 36.4 Å². The third-order valence-electron chi connectivity index (χ3n) is 2.15. The maximum Gasteiger partial charge on any atom is 0.127 e. The first kappa shape index (κ1) is 9.07. The largest absolute Gasteiger partial charge is 0.493 e. The smallest absolute Gasteiger partial charge is 0.127 e. The maximum absolute atomic E-state index is 5.61. The molecule has 0 aromatic heterocycles. The van der Waals surface area contributed by atoms with Crippen LogP contribution in [0.15, 0.2) is 42.5 Å². The Morgan fingerprint density at radius 2 is 1.79 bits per heavy atom. The van der Waals surface area contributed by atoms with Gasteiger partial charge >= 0.3 is 0 Å². The van der Waals surface area contributed by atoms with E-state index in [4.69, 9.17) is 4.74 Å². The lowest BCUT2D eigenvalue weighted by Crippen LogP contribution is -1.95. The standard InChI is InChI=1S/C13H13O/c1-2-10-14-13-9-5-7-11-6-3-4-8-12(11)13/h3-9H,1-2,10H2. The van der Waals surface area contributed by atoms with Crippen molar-refractivity contribution in [2.75, 3.05) is 6.61 Å². The Morgan fingerprint density at radius 1 is 1.00 bits per heavy atom. The normalized spacial score (nSPS) is 10.4. The zero-order valence-corrected chi connectivity index (χ0v) is 8.07. The lowest BCUT2D eigenvalue weighted by atomic mass is 10.1. The van der Waals surface area contributed by atoms with Gasteiger partial charge in [0.2, 0.25) is 0 Å². The molecule has 0 aliphatic carbocycles. The highest BCUT2D eigenvalue weighted by Gasteiger charge is 1.99. The van der Waals surface area contributed by atoms with Crippen LogP contribution in [0, 0.1) is 6.92 Å². The van der Waals surface area contributed by atoms with Gasteiger partial charge in [-0.25, -0.2) is 0 Å². The topological polar surface area (TPSA) is 9.23 Å². The van der Waals surface area contributed by atoms with E-state index in [1.165, 1.54) is 10.8 Å². The second kappa shape index (κ2) is 4.14. The third-order valence-corrected chi connectivity index (χ3v) is 2.15. The first-order valence-corrected chi connectivity index (χ1v) is 4.81. The van der Waals surface area contributed by atoms with E-state index in [0.717, 1.165) is 12.2 Å². The predicted octanol–water partition coefficient (Wildman–Crippen LogP) is 3.44. The SMILES string of the molecule is [CH2]CCOc1cccc2ccccc12. The maximum atomic E-state index is 5.61. The molecule has 0 aliphatic rings. The summed E-state index contributed by atoms with van der Waals surface area (Å²) in [6, 6.07) is 14.3. The number of benzene rings is 2. The predicted molar refractivity (Wildman–Crippen MR) is 59.4 cm³/mol. The van der Waals surface area contributed by atoms with E-state index in [9.17, 15) is 0 Å². The number of ether oxygens (including phenoxy) is 1. The molecule has 0 atom stereocenters. The second-order valence-electron chi connectivity index (χ2n) is 3.18. The van der Waals surface area contributed by atoms with E-state index < -0.39 is 0 Å². The van der Waals surface area contributed by atoms with E-state index in [1.54, 1.807) is 0 Å². The zero-order chi connectivity index (χ0) is 9.80.